The summed E-state index contributed by atoms with van der Waals surface area (Å²) in [6.07, 6.45) is -1.28. The largest absolute Gasteiger partial charge is 0.493 e. The van der Waals surface area contributed by atoms with Crippen LogP contribution in [0, 0.1) is 10.1 Å². The lowest BCUT2D eigenvalue weighted by atomic mass is 9.94. The number of nitro groups is 1. The van der Waals surface area contributed by atoms with Crippen molar-refractivity contribution < 1.29 is 43.0 Å². The molecule has 0 fully saturated rings. The molecule has 1 aliphatic heterocycles. The van der Waals surface area contributed by atoms with Gasteiger partial charge in [-0.1, -0.05) is 45.0 Å². The Morgan fingerprint density at radius 1 is 0.982 bits per heavy atom. The smallest absolute Gasteiger partial charge is 0.412 e. The van der Waals surface area contributed by atoms with Crippen molar-refractivity contribution in [2.24, 2.45) is 0 Å². The number of amides is 2. The number of aromatic amines is 1. The van der Waals surface area contributed by atoms with Gasteiger partial charge in [-0.05, 0) is 53.3 Å². The molecule has 57 heavy (non-hydrogen) atoms. The summed E-state index contributed by atoms with van der Waals surface area (Å²) in [4.78, 5) is 45.0. The molecule has 0 bridgehead atoms. The van der Waals surface area contributed by atoms with E-state index in [0.717, 1.165) is 15.8 Å². The number of benzene rings is 4. The van der Waals surface area contributed by atoms with E-state index >= 15 is 0 Å². The Labute approximate surface area is 336 Å². The second-order valence-corrected chi connectivity index (χ2v) is 20.4. The van der Waals surface area contributed by atoms with Gasteiger partial charge in [0.25, 0.3) is 11.6 Å². The first-order valence-electron chi connectivity index (χ1n) is 18.3. The number of nitrogens with zero attached hydrogens (tertiary/aromatic N) is 3. The molecule has 1 atom stereocenters. The predicted molar refractivity (Wildman–Crippen MR) is 223 cm³/mol. The molecule has 2 amide bonds. The van der Waals surface area contributed by atoms with Crippen LogP contribution in [0.4, 0.5) is 21.9 Å². The molecule has 0 radical (unpaired) electrons. The maximum atomic E-state index is 14.5. The lowest BCUT2D eigenvalue weighted by Gasteiger charge is -2.36. The second kappa shape index (κ2) is 16.2. The van der Waals surface area contributed by atoms with Gasteiger partial charge in [0.15, 0.2) is 19.8 Å². The number of carboxylic acid groups (broad SMARTS) is 1. The summed E-state index contributed by atoms with van der Waals surface area (Å²) in [6.45, 7) is 11.0. The highest BCUT2D eigenvalue weighted by molar-refractivity contribution is 6.74. The number of alkyl halides is 1. The summed E-state index contributed by atoms with van der Waals surface area (Å²) in [5.74, 6) is 0.919. The van der Waals surface area contributed by atoms with E-state index in [4.69, 9.17) is 35.0 Å². The molecule has 2 N–H and O–H groups in total. The second-order valence-electron chi connectivity index (χ2n) is 15.3. The number of rotatable bonds is 14. The molecule has 302 valence electrons. The van der Waals surface area contributed by atoms with E-state index in [1.165, 1.54) is 39.5 Å². The highest BCUT2D eigenvalue weighted by atomic mass is 35.5. The van der Waals surface area contributed by atoms with E-state index in [-0.39, 0.29) is 66.2 Å². The number of non-ortho nitro benzene ring substituents is 1. The zero-order valence-corrected chi connectivity index (χ0v) is 35.0. The van der Waals surface area contributed by atoms with Crippen molar-refractivity contribution in [1.82, 2.24) is 4.98 Å². The van der Waals surface area contributed by atoms with Gasteiger partial charge in [-0.15, -0.1) is 11.6 Å². The minimum absolute atomic E-state index is 0.0281. The Bertz CT molecular complexity index is 2360. The highest BCUT2D eigenvalue weighted by Crippen LogP contribution is 2.48. The van der Waals surface area contributed by atoms with Crippen LogP contribution in [0.25, 0.3) is 21.7 Å². The number of aromatic nitrogens is 1. The van der Waals surface area contributed by atoms with Crippen LogP contribution in [0.15, 0.2) is 60.7 Å². The number of fused-ring (bicyclic) bond motifs is 4. The Hall–Kier alpha value is -5.51. The van der Waals surface area contributed by atoms with Crippen LogP contribution in [0.3, 0.4) is 0 Å². The van der Waals surface area contributed by atoms with Gasteiger partial charge in [0.2, 0.25) is 5.75 Å². The van der Waals surface area contributed by atoms with Crippen molar-refractivity contribution in [3.05, 3.63) is 87.6 Å². The van der Waals surface area contributed by atoms with Crippen LogP contribution in [0.1, 0.15) is 48.3 Å². The van der Waals surface area contributed by atoms with Crippen LogP contribution in [-0.4, -0.2) is 82.3 Å². The van der Waals surface area contributed by atoms with Crippen LogP contribution < -0.4 is 28.7 Å². The van der Waals surface area contributed by atoms with Gasteiger partial charge in [0, 0.05) is 40.7 Å². The number of methoxy groups -OCH3 is 3. The number of nitrogens with one attached hydrogen (secondary N) is 1. The Morgan fingerprint density at radius 3 is 2.30 bits per heavy atom. The fourth-order valence-corrected chi connectivity index (χ4v) is 8.26. The van der Waals surface area contributed by atoms with Crippen LogP contribution in [-0.2, 0) is 11.0 Å². The molecule has 0 saturated heterocycles. The fourth-order valence-electron chi connectivity index (χ4n) is 6.99. The van der Waals surface area contributed by atoms with E-state index in [1.54, 1.807) is 23.1 Å². The number of hydrogen-bond acceptors (Lipinski definition) is 9. The quantitative estimate of drug-likeness (QED) is 0.0363. The van der Waals surface area contributed by atoms with Crippen molar-refractivity contribution in [2.75, 3.05) is 56.8 Å². The third-order valence-corrected chi connectivity index (χ3v) is 15.9. The third kappa shape index (κ3) is 7.78. The van der Waals surface area contributed by atoms with Gasteiger partial charge in [-0.3, -0.25) is 19.8 Å². The Balaban J connectivity index is 1.41. The van der Waals surface area contributed by atoms with Gasteiger partial charge in [-0.2, -0.15) is 0 Å². The van der Waals surface area contributed by atoms with Crippen LogP contribution in [0.5, 0.6) is 23.0 Å². The van der Waals surface area contributed by atoms with Crippen molar-refractivity contribution in [3.63, 3.8) is 0 Å². The third-order valence-electron chi connectivity index (χ3n) is 10.9. The van der Waals surface area contributed by atoms with E-state index in [0.29, 0.717) is 50.5 Å². The molecule has 16 heteroatoms. The number of carbonyl (C=O) groups is 2. The molecule has 4 aromatic carbocycles. The van der Waals surface area contributed by atoms with E-state index in [9.17, 15) is 24.8 Å². The first kappa shape index (κ1) is 41.1. The lowest BCUT2D eigenvalue weighted by Crippen LogP contribution is -2.41. The topological polar surface area (TPSA) is 166 Å². The zero-order valence-electron chi connectivity index (χ0n) is 33.2. The molecule has 2 heterocycles. The first-order valence-corrected chi connectivity index (χ1v) is 21.8. The number of H-pyrrole nitrogens is 1. The van der Waals surface area contributed by atoms with E-state index < -0.39 is 19.3 Å². The van der Waals surface area contributed by atoms with Gasteiger partial charge >= 0.3 is 6.09 Å². The average Bonchev–Trinajstić information content (AvgIpc) is 3.78. The highest BCUT2D eigenvalue weighted by Gasteiger charge is 2.38. The molecule has 14 nitrogen and oxygen atoms in total. The molecular formula is C41H47ClN4O10Si. The molecule has 1 aromatic heterocycles. The molecule has 6 rings (SSSR count). The molecule has 0 aliphatic carbocycles. The van der Waals surface area contributed by atoms with Crippen LogP contribution >= 0.6 is 11.6 Å². The molecule has 5 aromatic rings. The van der Waals surface area contributed by atoms with Gasteiger partial charge in [0.05, 0.1) is 62.4 Å². The molecule has 1 aliphatic rings. The number of hydrogen-bond donors (Lipinski definition) is 2. The van der Waals surface area contributed by atoms with Gasteiger partial charge < -0.3 is 38.4 Å². The molecule has 0 spiro atoms. The Kier molecular flexibility index (Phi) is 11.7. The minimum Gasteiger partial charge on any atom is -0.493 e. The number of nitro benzene ring substituents is 1. The number of ether oxygens (including phenoxy) is 4. The zero-order chi connectivity index (χ0) is 41.4. The summed E-state index contributed by atoms with van der Waals surface area (Å²) < 4.78 is 29.1. The summed E-state index contributed by atoms with van der Waals surface area (Å²) in [7, 11) is 2.41. The van der Waals surface area contributed by atoms with Gasteiger partial charge in [-0.25, -0.2) is 4.79 Å². The van der Waals surface area contributed by atoms with Crippen molar-refractivity contribution in [2.45, 2.75) is 51.4 Å². The van der Waals surface area contributed by atoms with E-state index in [2.05, 4.69) is 38.8 Å². The van der Waals surface area contributed by atoms with E-state index in [1.807, 2.05) is 24.3 Å². The normalized spacial score (nSPS) is 14.1. The lowest BCUT2D eigenvalue weighted by molar-refractivity contribution is -0.385. The number of anilines is 2. The standard InChI is InChI=1S/C41H47ClN4O10Si/c1-41(2,3)57(7,8)56-16-15-55-33-19-27(46(50)51)14-13-24(33)22-45(40(48)49)31-20-32-35(29-12-10-9-11-28(29)31)26(21-42)23-44(32)39(47)30-17-25-18-34(52-4)37(53-5)38(54-6)36(25)43-30/h9-14,17-20,26,43H,15-16,21-23H2,1-8H3,(H,48,49). The fraction of sp³-hybridized carbons (Fsp3) is 0.366. The number of halogens is 1. The SMILES string of the molecule is COc1cc2cc(C(=O)N3CC(CCl)c4c3cc(N(Cc3ccc([N+](=O)[O-])cc3OCCO[Si](C)(C)C(C)(C)C)C(=O)O)c3ccccc43)[nH]c2c(OC)c1OC. The summed E-state index contributed by atoms with van der Waals surface area (Å²) in [6, 6.07) is 16.7. The number of carbonyl (C=O) groups excluding carboxylic acids is 1. The van der Waals surface area contributed by atoms with Crippen molar-refractivity contribution in [3.8, 4) is 23.0 Å². The molecular weight excluding hydrogens is 772 g/mol. The van der Waals surface area contributed by atoms with Gasteiger partial charge in [0.1, 0.15) is 18.1 Å². The molecule has 0 saturated carbocycles. The first-order chi connectivity index (χ1) is 27.0. The summed E-state index contributed by atoms with van der Waals surface area (Å²) in [5, 5.41) is 24.6. The minimum atomic E-state index is -2.10. The summed E-state index contributed by atoms with van der Waals surface area (Å²) in [5.41, 5.74) is 2.64. The average molecular weight is 819 g/mol. The summed E-state index contributed by atoms with van der Waals surface area (Å²) >= 11 is 6.57. The monoisotopic (exact) mass is 818 g/mol. The van der Waals surface area contributed by atoms with Crippen molar-refractivity contribution in [1.29, 1.82) is 0 Å². The maximum absolute atomic E-state index is 14.5. The van der Waals surface area contributed by atoms with Crippen molar-refractivity contribution >= 4 is 70.7 Å². The predicted octanol–water partition coefficient (Wildman–Crippen LogP) is 9.32. The molecule has 1 unspecified atom stereocenters. The van der Waals surface area contributed by atoms with Crippen LogP contribution in [0.2, 0.25) is 18.1 Å². The Morgan fingerprint density at radius 2 is 1.68 bits per heavy atom. The maximum Gasteiger partial charge on any atom is 0.412 e.